The van der Waals surface area contributed by atoms with Crippen molar-refractivity contribution in [3.05, 3.63) is 87.5 Å². The number of rotatable bonds is 5. The Morgan fingerprint density at radius 1 is 1.07 bits per heavy atom. The average molecular weight is 452 g/mol. The number of hydrogen-bond donors (Lipinski definition) is 1. The van der Waals surface area contributed by atoms with Crippen molar-refractivity contribution in [2.45, 2.75) is 13.5 Å². The number of benzene rings is 2. The highest BCUT2D eigenvalue weighted by Crippen LogP contribution is 2.23. The largest absolute Gasteiger partial charge is 0.355 e. The predicted octanol–water partition coefficient (Wildman–Crippen LogP) is 4.45. The maximum atomic E-state index is 12.9. The molecular formula is C23H22BrN3O2. The summed E-state index contributed by atoms with van der Waals surface area (Å²) < 4.78 is 0.983. The van der Waals surface area contributed by atoms with E-state index in [4.69, 9.17) is 0 Å². The summed E-state index contributed by atoms with van der Waals surface area (Å²) >= 11 is 3.47. The van der Waals surface area contributed by atoms with E-state index in [2.05, 4.69) is 26.2 Å². The number of halogens is 1. The molecule has 29 heavy (non-hydrogen) atoms. The van der Waals surface area contributed by atoms with Gasteiger partial charge in [0, 0.05) is 36.2 Å². The van der Waals surface area contributed by atoms with Gasteiger partial charge in [0.25, 0.3) is 11.8 Å². The van der Waals surface area contributed by atoms with Gasteiger partial charge in [0.15, 0.2) is 0 Å². The van der Waals surface area contributed by atoms with Gasteiger partial charge in [-0.2, -0.15) is 0 Å². The zero-order valence-electron chi connectivity index (χ0n) is 16.6. The SMILES string of the molecule is CNC(=O)c1ccc(CN(C)C(=O)c2ccc(-c3cccc(Br)c3)nc2C)cc1. The quantitative estimate of drug-likeness (QED) is 0.622. The zero-order valence-corrected chi connectivity index (χ0v) is 18.2. The second-order valence-corrected chi connectivity index (χ2v) is 7.69. The monoisotopic (exact) mass is 451 g/mol. The van der Waals surface area contributed by atoms with E-state index in [1.54, 1.807) is 31.1 Å². The van der Waals surface area contributed by atoms with Gasteiger partial charge in [-0.1, -0.05) is 40.2 Å². The number of carbonyl (C=O) groups is 2. The summed E-state index contributed by atoms with van der Waals surface area (Å²) in [7, 11) is 3.36. The normalized spacial score (nSPS) is 10.5. The summed E-state index contributed by atoms with van der Waals surface area (Å²) in [6.45, 7) is 2.29. The Labute approximate surface area is 178 Å². The van der Waals surface area contributed by atoms with Gasteiger partial charge in [0.2, 0.25) is 0 Å². The van der Waals surface area contributed by atoms with Gasteiger partial charge in [-0.3, -0.25) is 14.6 Å². The van der Waals surface area contributed by atoms with Gasteiger partial charge in [-0.05, 0) is 48.9 Å². The lowest BCUT2D eigenvalue weighted by Gasteiger charge is -2.19. The Hall–Kier alpha value is -2.99. The highest BCUT2D eigenvalue weighted by atomic mass is 79.9. The van der Waals surface area contributed by atoms with E-state index in [1.807, 2.05) is 55.5 Å². The number of carbonyl (C=O) groups excluding carboxylic acids is 2. The Kier molecular flexibility index (Phi) is 6.44. The van der Waals surface area contributed by atoms with Crippen molar-refractivity contribution in [2.24, 2.45) is 0 Å². The molecule has 0 unspecified atom stereocenters. The standard InChI is InChI=1S/C23H22BrN3O2/c1-15-20(11-12-21(26-15)18-5-4-6-19(24)13-18)23(29)27(3)14-16-7-9-17(10-8-16)22(28)25-2/h4-13H,14H2,1-3H3,(H,25,28). The first kappa shape index (κ1) is 20.7. The topological polar surface area (TPSA) is 62.3 Å². The van der Waals surface area contributed by atoms with E-state index in [9.17, 15) is 9.59 Å². The van der Waals surface area contributed by atoms with Crippen molar-refractivity contribution >= 4 is 27.7 Å². The third-order valence-electron chi connectivity index (χ3n) is 4.65. The minimum Gasteiger partial charge on any atom is -0.355 e. The summed E-state index contributed by atoms with van der Waals surface area (Å²) in [4.78, 5) is 30.8. The van der Waals surface area contributed by atoms with Crippen molar-refractivity contribution in [2.75, 3.05) is 14.1 Å². The van der Waals surface area contributed by atoms with Crippen LogP contribution in [0.1, 0.15) is 32.0 Å². The number of aromatic nitrogens is 1. The number of amides is 2. The summed E-state index contributed by atoms with van der Waals surface area (Å²) in [5.74, 6) is -0.223. The van der Waals surface area contributed by atoms with Crippen LogP contribution < -0.4 is 5.32 Å². The van der Waals surface area contributed by atoms with Crippen molar-refractivity contribution in [3.63, 3.8) is 0 Å². The molecule has 0 saturated heterocycles. The molecule has 6 heteroatoms. The van der Waals surface area contributed by atoms with Crippen LogP contribution in [0, 0.1) is 6.92 Å². The highest BCUT2D eigenvalue weighted by Gasteiger charge is 2.16. The van der Waals surface area contributed by atoms with Gasteiger partial charge < -0.3 is 10.2 Å². The number of pyridine rings is 1. The van der Waals surface area contributed by atoms with E-state index >= 15 is 0 Å². The summed E-state index contributed by atoms with van der Waals surface area (Å²) in [5, 5.41) is 2.59. The summed E-state index contributed by atoms with van der Waals surface area (Å²) in [6.07, 6.45) is 0. The summed E-state index contributed by atoms with van der Waals surface area (Å²) in [5.41, 5.74) is 4.62. The molecule has 0 radical (unpaired) electrons. The molecule has 1 heterocycles. The molecule has 1 aromatic heterocycles. The lowest BCUT2D eigenvalue weighted by atomic mass is 10.1. The van der Waals surface area contributed by atoms with Crippen LogP contribution in [0.4, 0.5) is 0 Å². The van der Waals surface area contributed by atoms with Gasteiger partial charge in [-0.25, -0.2) is 0 Å². The molecule has 0 fully saturated rings. The molecule has 0 aliphatic carbocycles. The van der Waals surface area contributed by atoms with E-state index in [1.165, 1.54) is 0 Å². The first-order valence-corrected chi connectivity index (χ1v) is 9.98. The van der Waals surface area contributed by atoms with Crippen LogP contribution in [0.3, 0.4) is 0 Å². The third-order valence-corrected chi connectivity index (χ3v) is 5.14. The molecule has 148 valence electrons. The van der Waals surface area contributed by atoms with E-state index in [-0.39, 0.29) is 11.8 Å². The third kappa shape index (κ3) is 4.90. The fraction of sp³-hybridized carbons (Fsp3) is 0.174. The molecule has 2 aromatic carbocycles. The minimum absolute atomic E-state index is 0.0915. The molecule has 1 N–H and O–H groups in total. The van der Waals surface area contributed by atoms with Crippen LogP contribution in [0.15, 0.2) is 65.1 Å². The minimum atomic E-state index is -0.131. The van der Waals surface area contributed by atoms with Gasteiger partial charge in [0.1, 0.15) is 0 Å². The fourth-order valence-electron chi connectivity index (χ4n) is 3.05. The van der Waals surface area contributed by atoms with Crippen molar-refractivity contribution in [1.29, 1.82) is 0 Å². The second-order valence-electron chi connectivity index (χ2n) is 6.78. The van der Waals surface area contributed by atoms with Crippen molar-refractivity contribution in [1.82, 2.24) is 15.2 Å². The van der Waals surface area contributed by atoms with Gasteiger partial charge >= 0.3 is 0 Å². The molecule has 3 rings (SSSR count). The first-order chi connectivity index (χ1) is 13.9. The molecule has 0 atom stereocenters. The summed E-state index contributed by atoms with van der Waals surface area (Å²) in [6, 6.07) is 18.8. The molecule has 0 bridgehead atoms. The van der Waals surface area contributed by atoms with E-state index in [0.29, 0.717) is 23.4 Å². The van der Waals surface area contributed by atoms with E-state index < -0.39 is 0 Å². The number of nitrogens with one attached hydrogen (secondary N) is 1. The van der Waals surface area contributed by atoms with Crippen LogP contribution in [0.2, 0.25) is 0 Å². The Morgan fingerprint density at radius 2 is 1.79 bits per heavy atom. The van der Waals surface area contributed by atoms with Crippen molar-refractivity contribution < 1.29 is 9.59 Å². The second kappa shape index (κ2) is 9.01. The van der Waals surface area contributed by atoms with E-state index in [0.717, 1.165) is 21.3 Å². The molecule has 0 aliphatic rings. The molecule has 0 spiro atoms. The van der Waals surface area contributed by atoms with Crippen LogP contribution in [-0.2, 0) is 6.54 Å². The molecule has 2 amide bonds. The Morgan fingerprint density at radius 3 is 2.41 bits per heavy atom. The molecule has 0 aliphatic heterocycles. The average Bonchev–Trinajstić information content (AvgIpc) is 2.73. The first-order valence-electron chi connectivity index (χ1n) is 9.19. The molecule has 5 nitrogen and oxygen atoms in total. The molecule has 0 saturated carbocycles. The van der Waals surface area contributed by atoms with Crippen LogP contribution in [0.25, 0.3) is 11.3 Å². The van der Waals surface area contributed by atoms with Crippen LogP contribution >= 0.6 is 15.9 Å². The smallest absolute Gasteiger partial charge is 0.255 e. The van der Waals surface area contributed by atoms with Crippen molar-refractivity contribution in [3.8, 4) is 11.3 Å². The van der Waals surface area contributed by atoms with Gasteiger partial charge in [-0.15, -0.1) is 0 Å². The molecular weight excluding hydrogens is 430 g/mol. The van der Waals surface area contributed by atoms with Crippen LogP contribution in [-0.4, -0.2) is 35.8 Å². The zero-order chi connectivity index (χ0) is 21.0. The lowest BCUT2D eigenvalue weighted by Crippen LogP contribution is -2.27. The van der Waals surface area contributed by atoms with Gasteiger partial charge in [0.05, 0.1) is 17.0 Å². The maximum absolute atomic E-state index is 12.9. The lowest BCUT2D eigenvalue weighted by molar-refractivity contribution is 0.0783. The molecule has 3 aromatic rings. The maximum Gasteiger partial charge on any atom is 0.255 e. The number of hydrogen-bond acceptors (Lipinski definition) is 3. The number of nitrogens with zero attached hydrogens (tertiary/aromatic N) is 2. The Bertz CT molecular complexity index is 1050. The highest BCUT2D eigenvalue weighted by molar-refractivity contribution is 9.10. The predicted molar refractivity (Wildman–Crippen MR) is 118 cm³/mol. The fourth-order valence-corrected chi connectivity index (χ4v) is 3.45. The Balaban J connectivity index is 1.74. The van der Waals surface area contributed by atoms with Crippen LogP contribution in [0.5, 0.6) is 0 Å². The number of aryl methyl sites for hydroxylation is 1.